The molecular formula is C43H56N6O8. The SMILES string of the molecule is COCCNC(=O)[C@@H]1Cc2ccc(cc2)NC(=O)[C@H](CC(C)(C)C)NC(=O)c2cccc(c2)CNC(=O)c2ccc(cc2)OCCNC(=O)CC(C)(C)CC(=O)N1. The van der Waals surface area contributed by atoms with Crippen LogP contribution in [0.3, 0.4) is 0 Å². The highest BCUT2D eigenvalue weighted by molar-refractivity contribution is 6.01. The number of amides is 6. The summed E-state index contributed by atoms with van der Waals surface area (Å²) >= 11 is 0. The van der Waals surface area contributed by atoms with Crippen molar-refractivity contribution < 1.29 is 38.2 Å². The Morgan fingerprint density at radius 3 is 2.23 bits per heavy atom. The van der Waals surface area contributed by atoms with Crippen molar-refractivity contribution in [2.24, 2.45) is 10.8 Å². The normalized spacial score (nSPS) is 19.1. The Hall–Kier alpha value is -5.76. The van der Waals surface area contributed by atoms with E-state index in [0.717, 1.165) is 5.56 Å². The van der Waals surface area contributed by atoms with Crippen molar-refractivity contribution in [1.82, 2.24) is 26.6 Å². The molecular weight excluding hydrogens is 729 g/mol. The Kier molecular flexibility index (Phi) is 15.7. The zero-order valence-corrected chi connectivity index (χ0v) is 33.7. The summed E-state index contributed by atoms with van der Waals surface area (Å²) in [7, 11) is 1.52. The van der Waals surface area contributed by atoms with E-state index in [0.29, 0.717) is 41.2 Å². The molecule has 0 saturated heterocycles. The van der Waals surface area contributed by atoms with Crippen LogP contribution in [0.15, 0.2) is 72.8 Å². The maximum atomic E-state index is 13.7. The predicted molar refractivity (Wildman–Crippen MR) is 216 cm³/mol. The number of anilines is 1. The van der Waals surface area contributed by atoms with Crippen LogP contribution in [0.4, 0.5) is 5.69 Å². The number of hydrogen-bond donors (Lipinski definition) is 6. The zero-order valence-electron chi connectivity index (χ0n) is 33.7. The van der Waals surface area contributed by atoms with Crippen molar-refractivity contribution in [1.29, 1.82) is 0 Å². The number of carbonyl (C=O) groups is 6. The summed E-state index contributed by atoms with van der Waals surface area (Å²) in [5, 5.41) is 17.1. The first-order chi connectivity index (χ1) is 27.0. The minimum atomic E-state index is -0.922. The van der Waals surface area contributed by atoms with Gasteiger partial charge in [-0.05, 0) is 76.9 Å². The summed E-state index contributed by atoms with van der Waals surface area (Å²) < 4.78 is 10.8. The molecule has 0 spiro atoms. The van der Waals surface area contributed by atoms with Gasteiger partial charge in [0.15, 0.2) is 0 Å². The number of hydrogen-bond acceptors (Lipinski definition) is 8. The van der Waals surface area contributed by atoms with Crippen molar-refractivity contribution in [3.05, 3.63) is 95.1 Å². The highest BCUT2D eigenvalue weighted by Gasteiger charge is 2.30. The van der Waals surface area contributed by atoms with E-state index >= 15 is 0 Å². The van der Waals surface area contributed by atoms with Crippen LogP contribution in [0, 0.1) is 10.8 Å². The monoisotopic (exact) mass is 784 g/mol. The third kappa shape index (κ3) is 15.0. The van der Waals surface area contributed by atoms with Crippen molar-refractivity contribution >= 4 is 41.1 Å². The largest absolute Gasteiger partial charge is 0.492 e. The van der Waals surface area contributed by atoms with Crippen LogP contribution < -0.4 is 36.6 Å². The molecule has 4 aliphatic heterocycles. The van der Waals surface area contributed by atoms with Gasteiger partial charge in [0.05, 0.1) is 13.2 Å². The summed E-state index contributed by atoms with van der Waals surface area (Å²) in [5.41, 5.74) is 1.62. The average molecular weight is 785 g/mol. The lowest BCUT2D eigenvalue weighted by Crippen LogP contribution is -2.49. The van der Waals surface area contributed by atoms with E-state index in [-0.39, 0.29) is 62.7 Å². The van der Waals surface area contributed by atoms with Crippen LogP contribution in [0.1, 0.15) is 85.7 Å². The maximum absolute atomic E-state index is 13.7. The van der Waals surface area contributed by atoms with Gasteiger partial charge in [0.1, 0.15) is 24.4 Å². The Bertz CT molecular complexity index is 1870. The van der Waals surface area contributed by atoms with Crippen molar-refractivity contribution in [2.45, 2.75) is 78.9 Å². The minimum Gasteiger partial charge on any atom is -0.492 e. The van der Waals surface area contributed by atoms with Gasteiger partial charge in [-0.25, -0.2) is 0 Å². The molecule has 4 heterocycles. The lowest BCUT2D eigenvalue weighted by Gasteiger charge is -2.26. The molecule has 0 radical (unpaired) electrons. The molecule has 14 heteroatoms. The lowest BCUT2D eigenvalue weighted by molar-refractivity contribution is -0.131. The summed E-state index contributed by atoms with van der Waals surface area (Å²) in [5.74, 6) is -1.67. The first-order valence-electron chi connectivity index (χ1n) is 19.1. The molecule has 3 aromatic carbocycles. The van der Waals surface area contributed by atoms with Crippen molar-refractivity contribution in [3.63, 3.8) is 0 Å². The lowest BCUT2D eigenvalue weighted by atomic mass is 9.84. The molecule has 57 heavy (non-hydrogen) atoms. The molecule has 6 amide bonds. The van der Waals surface area contributed by atoms with E-state index in [1.807, 2.05) is 20.8 Å². The molecule has 0 fully saturated rings. The number of benzene rings is 3. The topological polar surface area (TPSA) is 193 Å². The fourth-order valence-corrected chi connectivity index (χ4v) is 6.27. The maximum Gasteiger partial charge on any atom is 0.251 e. The molecule has 0 aromatic heterocycles. The highest BCUT2D eigenvalue weighted by atomic mass is 16.5. The van der Waals surface area contributed by atoms with Crippen LogP contribution in [0.5, 0.6) is 5.75 Å². The van der Waals surface area contributed by atoms with Gasteiger partial charge in [0.2, 0.25) is 23.6 Å². The predicted octanol–water partition coefficient (Wildman–Crippen LogP) is 3.89. The fraction of sp³-hybridized carbons (Fsp3) is 0.442. The summed E-state index contributed by atoms with van der Waals surface area (Å²) in [4.78, 5) is 79.5. The van der Waals surface area contributed by atoms with E-state index in [2.05, 4.69) is 31.9 Å². The van der Waals surface area contributed by atoms with E-state index in [1.54, 1.807) is 86.6 Å². The molecule has 14 nitrogen and oxygen atoms in total. The van der Waals surface area contributed by atoms with Crippen LogP contribution >= 0.6 is 0 Å². The van der Waals surface area contributed by atoms with Gasteiger partial charge < -0.3 is 41.4 Å². The molecule has 7 rings (SSSR count). The van der Waals surface area contributed by atoms with Gasteiger partial charge >= 0.3 is 0 Å². The van der Waals surface area contributed by atoms with Crippen molar-refractivity contribution in [2.75, 3.05) is 38.7 Å². The van der Waals surface area contributed by atoms with Crippen LogP contribution in [-0.2, 0) is 36.9 Å². The summed E-state index contributed by atoms with van der Waals surface area (Å²) in [6.45, 7) is 10.7. The smallest absolute Gasteiger partial charge is 0.251 e. The van der Waals surface area contributed by atoms with Gasteiger partial charge in [0.25, 0.3) is 11.8 Å². The molecule has 306 valence electrons. The fourth-order valence-electron chi connectivity index (χ4n) is 6.27. The van der Waals surface area contributed by atoms with E-state index < -0.39 is 41.1 Å². The second kappa shape index (κ2) is 20.4. The summed E-state index contributed by atoms with van der Waals surface area (Å²) in [6.07, 6.45) is 0.560. The average Bonchev–Trinajstić information content (AvgIpc) is 3.14. The second-order valence-corrected chi connectivity index (χ2v) is 16.2. The number of carbonyl (C=O) groups excluding carboxylic acids is 6. The molecule has 3 aromatic rings. The molecule has 4 aliphatic rings. The van der Waals surface area contributed by atoms with Crippen LogP contribution in [-0.4, -0.2) is 80.9 Å². The first kappa shape index (κ1) is 44.0. The highest BCUT2D eigenvalue weighted by Crippen LogP contribution is 2.26. The number of ether oxygens (including phenoxy) is 2. The van der Waals surface area contributed by atoms with Gasteiger partial charge in [0, 0.05) is 56.3 Å². The Morgan fingerprint density at radius 1 is 0.842 bits per heavy atom. The van der Waals surface area contributed by atoms with Crippen LogP contribution in [0.2, 0.25) is 0 Å². The minimum absolute atomic E-state index is 0.0128. The number of methoxy groups -OCH3 is 1. The molecule has 0 aliphatic carbocycles. The van der Waals surface area contributed by atoms with Crippen molar-refractivity contribution in [3.8, 4) is 5.75 Å². The number of nitrogens with one attached hydrogen (secondary N) is 6. The van der Waals surface area contributed by atoms with E-state index in [1.165, 1.54) is 7.11 Å². The molecule has 0 saturated carbocycles. The van der Waals surface area contributed by atoms with Gasteiger partial charge in [-0.1, -0.05) is 58.9 Å². The molecule has 0 unspecified atom stereocenters. The first-order valence-corrected chi connectivity index (χ1v) is 19.1. The molecule has 2 atom stereocenters. The summed E-state index contributed by atoms with van der Waals surface area (Å²) in [6, 6.07) is 18.5. The van der Waals surface area contributed by atoms with Gasteiger partial charge in [-0.3, -0.25) is 28.8 Å². The Morgan fingerprint density at radius 2 is 1.54 bits per heavy atom. The van der Waals surface area contributed by atoms with Gasteiger partial charge in [-0.15, -0.1) is 0 Å². The van der Waals surface area contributed by atoms with E-state index in [4.69, 9.17) is 9.47 Å². The molecule has 6 N–H and O–H groups in total. The zero-order chi connectivity index (χ0) is 41.6. The van der Waals surface area contributed by atoms with E-state index in [9.17, 15) is 28.8 Å². The second-order valence-electron chi connectivity index (χ2n) is 16.2. The van der Waals surface area contributed by atoms with Gasteiger partial charge in [-0.2, -0.15) is 0 Å². The quantitative estimate of drug-likeness (QED) is 0.210. The third-order valence-corrected chi connectivity index (χ3v) is 9.09. The third-order valence-electron chi connectivity index (χ3n) is 9.09. The Labute approximate surface area is 334 Å². The molecule has 6 bridgehead atoms. The Balaban J connectivity index is 1.58. The standard InChI is InChI=1S/C43H56N6O8/c1-42(2,3)24-35-41(55)47-32-14-10-28(11-15-32)23-34(40(54)45-18-20-56-6)48-37(51)26-43(4,5)25-36(50)44-19-21-57-33-16-12-30(13-17-33)38(52)46-27-29-8-7-9-31(22-29)39(53)49-35/h7-17,22,34-35H,18-21,23-27H2,1-6H3,(H,44,50)(H,45,54)(H,46,52)(H,47,55)(H,48,51)(H,49,53)/t34-,35-/m0/s1. The number of rotatable bonds is 5. The van der Waals surface area contributed by atoms with Crippen LogP contribution in [0.25, 0.3) is 0 Å².